The Kier molecular flexibility index (Phi) is 3.50. The van der Waals surface area contributed by atoms with Crippen LogP contribution in [-0.4, -0.2) is 0 Å². The van der Waals surface area contributed by atoms with Gasteiger partial charge in [0.1, 0.15) is 11.6 Å². The van der Waals surface area contributed by atoms with Crippen LogP contribution in [0.3, 0.4) is 0 Å². The summed E-state index contributed by atoms with van der Waals surface area (Å²) in [5, 5.41) is 0. The predicted molar refractivity (Wildman–Crippen MR) is 55.4 cm³/mol. The van der Waals surface area contributed by atoms with Crippen LogP contribution in [0.2, 0.25) is 0 Å². The van der Waals surface area contributed by atoms with Crippen molar-refractivity contribution in [3.05, 3.63) is 70.3 Å². The van der Waals surface area contributed by atoms with Crippen LogP contribution >= 0.6 is 0 Å². The Morgan fingerprint density at radius 1 is 0.474 bits per heavy atom. The summed E-state index contributed by atoms with van der Waals surface area (Å²) in [6.07, 6.45) is -0.522. The zero-order chi connectivity index (χ0) is 14.2. The largest absolute Gasteiger partial charge is 0.207 e. The molecule has 0 amide bonds. The van der Waals surface area contributed by atoms with E-state index in [1.165, 1.54) is 0 Å². The van der Waals surface area contributed by atoms with Crippen molar-refractivity contribution in [2.75, 3.05) is 0 Å². The predicted octanol–water partition coefficient (Wildman–Crippen LogP) is 4.11. The summed E-state index contributed by atoms with van der Waals surface area (Å²) >= 11 is 0. The molecule has 0 spiro atoms. The van der Waals surface area contributed by atoms with Gasteiger partial charge in [0.05, 0.1) is 0 Å². The third-order valence-electron chi connectivity index (χ3n) is 2.56. The van der Waals surface area contributed by atoms with Gasteiger partial charge in [-0.05, 0) is 23.3 Å². The Hall–Kier alpha value is -1.98. The first kappa shape index (κ1) is 13.5. The van der Waals surface area contributed by atoms with Crippen molar-refractivity contribution < 1.29 is 26.3 Å². The lowest BCUT2D eigenvalue weighted by Crippen LogP contribution is -2.01. The van der Waals surface area contributed by atoms with Crippen LogP contribution in [0, 0.1) is 34.9 Å². The van der Waals surface area contributed by atoms with Crippen molar-refractivity contribution >= 4 is 0 Å². The molecule has 0 aliphatic heterocycles. The molecule has 0 radical (unpaired) electrons. The molecule has 0 heterocycles. The quantitative estimate of drug-likeness (QED) is 0.572. The lowest BCUT2D eigenvalue weighted by Gasteiger charge is -2.06. The normalized spacial score (nSPS) is 10.8. The molecule has 2 rings (SSSR count). The van der Waals surface area contributed by atoms with Gasteiger partial charge in [-0.1, -0.05) is 0 Å². The molecule has 0 fully saturated rings. The SMILES string of the molecule is Fc1cc(F)c(Cc2cc(F)c(F)cc2F)cc1F. The fourth-order valence-electron chi connectivity index (χ4n) is 1.60. The van der Waals surface area contributed by atoms with E-state index in [1.807, 2.05) is 0 Å². The second kappa shape index (κ2) is 4.95. The van der Waals surface area contributed by atoms with Gasteiger partial charge in [-0.3, -0.25) is 0 Å². The average Bonchev–Trinajstić information content (AvgIpc) is 2.32. The molecule has 100 valence electrons. The molecule has 0 N–H and O–H groups in total. The minimum Gasteiger partial charge on any atom is -0.207 e. The summed E-state index contributed by atoms with van der Waals surface area (Å²) in [5.74, 6) is -7.57. The van der Waals surface area contributed by atoms with E-state index >= 15 is 0 Å². The number of rotatable bonds is 2. The summed E-state index contributed by atoms with van der Waals surface area (Å²) in [6.45, 7) is 0. The zero-order valence-electron chi connectivity index (χ0n) is 9.28. The highest BCUT2D eigenvalue weighted by atomic mass is 19.2. The van der Waals surface area contributed by atoms with Crippen LogP contribution in [-0.2, 0) is 6.42 Å². The van der Waals surface area contributed by atoms with Gasteiger partial charge in [-0.2, -0.15) is 0 Å². The lowest BCUT2D eigenvalue weighted by molar-refractivity contribution is 0.486. The van der Waals surface area contributed by atoms with E-state index in [0.29, 0.717) is 24.3 Å². The van der Waals surface area contributed by atoms with Crippen molar-refractivity contribution in [2.24, 2.45) is 0 Å². The standard InChI is InChI=1S/C13H6F6/c14-8-4-12(18)10(16)2-6(8)1-7-3-11(17)13(19)5-9(7)15/h2-5H,1H2. The molecule has 2 aromatic rings. The minimum absolute atomic E-state index is 0.308. The van der Waals surface area contributed by atoms with Gasteiger partial charge in [0.15, 0.2) is 23.3 Å². The van der Waals surface area contributed by atoms with E-state index in [1.54, 1.807) is 0 Å². The van der Waals surface area contributed by atoms with E-state index in [0.717, 1.165) is 0 Å². The Labute approximate surface area is 104 Å². The highest BCUT2D eigenvalue weighted by molar-refractivity contribution is 5.29. The van der Waals surface area contributed by atoms with E-state index in [9.17, 15) is 26.3 Å². The average molecular weight is 276 g/mol. The first-order chi connectivity index (χ1) is 8.88. The van der Waals surface area contributed by atoms with Gasteiger partial charge in [0, 0.05) is 18.6 Å². The topological polar surface area (TPSA) is 0 Å². The summed E-state index contributed by atoms with van der Waals surface area (Å²) in [5.41, 5.74) is -0.715. The van der Waals surface area contributed by atoms with Crippen molar-refractivity contribution in [3.8, 4) is 0 Å². The maximum absolute atomic E-state index is 13.3. The monoisotopic (exact) mass is 276 g/mol. The zero-order valence-corrected chi connectivity index (χ0v) is 9.28. The molecule has 0 aliphatic carbocycles. The minimum atomic E-state index is -1.38. The smallest absolute Gasteiger partial charge is 0.161 e. The third kappa shape index (κ3) is 2.72. The lowest BCUT2D eigenvalue weighted by atomic mass is 10.0. The maximum Gasteiger partial charge on any atom is 0.161 e. The third-order valence-corrected chi connectivity index (χ3v) is 2.56. The molecule has 0 unspecified atom stereocenters. The molecule has 0 aliphatic rings. The van der Waals surface area contributed by atoms with Gasteiger partial charge in [0.2, 0.25) is 0 Å². The summed E-state index contributed by atoms with van der Waals surface area (Å²) in [4.78, 5) is 0. The number of halogens is 6. The van der Waals surface area contributed by atoms with Crippen molar-refractivity contribution in [1.82, 2.24) is 0 Å². The molecular formula is C13H6F6. The van der Waals surface area contributed by atoms with E-state index in [2.05, 4.69) is 0 Å². The van der Waals surface area contributed by atoms with E-state index in [-0.39, 0.29) is 11.1 Å². The molecule has 19 heavy (non-hydrogen) atoms. The molecule has 0 bridgehead atoms. The van der Waals surface area contributed by atoms with Crippen LogP contribution in [0.5, 0.6) is 0 Å². The van der Waals surface area contributed by atoms with Crippen LogP contribution in [0.25, 0.3) is 0 Å². The molecule has 6 heteroatoms. The molecule has 0 nitrogen and oxygen atoms in total. The van der Waals surface area contributed by atoms with E-state index in [4.69, 9.17) is 0 Å². The Bertz CT molecular complexity index is 580. The maximum atomic E-state index is 13.3. The molecule has 0 atom stereocenters. The number of hydrogen-bond acceptors (Lipinski definition) is 0. The second-order valence-electron chi connectivity index (χ2n) is 3.89. The molecule has 0 saturated heterocycles. The Balaban J connectivity index is 2.42. The van der Waals surface area contributed by atoms with Gasteiger partial charge in [0.25, 0.3) is 0 Å². The number of hydrogen-bond donors (Lipinski definition) is 0. The van der Waals surface area contributed by atoms with Gasteiger partial charge < -0.3 is 0 Å². The highest BCUT2D eigenvalue weighted by Crippen LogP contribution is 2.21. The Morgan fingerprint density at radius 3 is 1.16 bits per heavy atom. The molecule has 0 aromatic heterocycles. The Morgan fingerprint density at radius 2 is 0.789 bits per heavy atom. The first-order valence-corrected chi connectivity index (χ1v) is 5.15. The van der Waals surface area contributed by atoms with Crippen molar-refractivity contribution in [1.29, 1.82) is 0 Å². The fourth-order valence-corrected chi connectivity index (χ4v) is 1.60. The molecular weight excluding hydrogens is 270 g/mol. The van der Waals surface area contributed by atoms with Crippen molar-refractivity contribution in [3.63, 3.8) is 0 Å². The summed E-state index contributed by atoms with van der Waals surface area (Å²) < 4.78 is 77.9. The highest BCUT2D eigenvalue weighted by Gasteiger charge is 2.14. The van der Waals surface area contributed by atoms with Crippen LogP contribution in [0.4, 0.5) is 26.3 Å². The van der Waals surface area contributed by atoms with Crippen LogP contribution in [0.1, 0.15) is 11.1 Å². The van der Waals surface area contributed by atoms with Crippen LogP contribution < -0.4 is 0 Å². The van der Waals surface area contributed by atoms with Crippen molar-refractivity contribution in [2.45, 2.75) is 6.42 Å². The molecule has 2 aromatic carbocycles. The van der Waals surface area contributed by atoms with Gasteiger partial charge >= 0.3 is 0 Å². The first-order valence-electron chi connectivity index (χ1n) is 5.15. The molecule has 0 saturated carbocycles. The van der Waals surface area contributed by atoms with Crippen LogP contribution in [0.15, 0.2) is 24.3 Å². The number of benzene rings is 2. The van der Waals surface area contributed by atoms with Gasteiger partial charge in [-0.25, -0.2) is 26.3 Å². The fraction of sp³-hybridized carbons (Fsp3) is 0.0769. The second-order valence-corrected chi connectivity index (χ2v) is 3.89. The summed E-state index contributed by atoms with van der Waals surface area (Å²) in [6, 6.07) is 1.71. The van der Waals surface area contributed by atoms with Gasteiger partial charge in [-0.15, -0.1) is 0 Å². The summed E-state index contributed by atoms with van der Waals surface area (Å²) in [7, 11) is 0. The van der Waals surface area contributed by atoms with E-state index < -0.39 is 41.3 Å².